The van der Waals surface area contributed by atoms with Crippen LogP contribution in [0.1, 0.15) is 63.0 Å². The van der Waals surface area contributed by atoms with E-state index in [1.165, 1.54) is 24.3 Å². The molecule has 1 fully saturated rings. The first-order valence-electron chi connectivity index (χ1n) is 10.6. The Balaban J connectivity index is 1.62. The molecule has 0 N–H and O–H groups in total. The molecule has 1 saturated carbocycles. The van der Waals surface area contributed by atoms with Crippen LogP contribution in [0.2, 0.25) is 0 Å². The van der Waals surface area contributed by atoms with Gasteiger partial charge in [-0.1, -0.05) is 51.3 Å². The van der Waals surface area contributed by atoms with Crippen molar-refractivity contribution in [3.63, 3.8) is 0 Å². The van der Waals surface area contributed by atoms with E-state index in [0.29, 0.717) is 11.5 Å². The average molecular weight is 424 g/mol. The molecule has 2 nitrogen and oxygen atoms in total. The maximum Gasteiger partial charge on any atom is 0.432 e. The summed E-state index contributed by atoms with van der Waals surface area (Å²) in [6, 6.07) is 9.02. The molecule has 0 spiro atoms. The molecule has 1 aliphatic rings. The van der Waals surface area contributed by atoms with Crippen LogP contribution in [0.3, 0.4) is 0 Å². The number of halogens is 4. The second-order valence-electron chi connectivity index (χ2n) is 8.16. The first-order valence-corrected chi connectivity index (χ1v) is 10.6. The first-order chi connectivity index (χ1) is 14.3. The highest BCUT2D eigenvalue weighted by atomic mass is 19.3. The fourth-order valence-corrected chi connectivity index (χ4v) is 3.92. The van der Waals surface area contributed by atoms with Gasteiger partial charge in [-0.05, 0) is 60.4 Å². The van der Waals surface area contributed by atoms with Crippen LogP contribution in [0.25, 0.3) is 0 Å². The van der Waals surface area contributed by atoms with Crippen molar-refractivity contribution in [3.8, 4) is 11.5 Å². The summed E-state index contributed by atoms with van der Waals surface area (Å²) in [6.07, 6.45) is 1.63. The molecule has 3 rings (SSSR count). The average Bonchev–Trinajstić information content (AvgIpc) is 2.71. The summed E-state index contributed by atoms with van der Waals surface area (Å²) >= 11 is 0. The molecule has 0 unspecified atom stereocenters. The SMILES string of the molecule is CCCc1ccc(OC(F)(F)COc2ccc(C3CCC(C)CC3)c(F)c2F)cc1. The quantitative estimate of drug-likeness (QED) is 0.415. The van der Waals surface area contributed by atoms with Crippen LogP contribution in [-0.2, 0) is 6.42 Å². The predicted octanol–water partition coefficient (Wildman–Crippen LogP) is 7.26. The maximum absolute atomic E-state index is 14.5. The fourth-order valence-electron chi connectivity index (χ4n) is 3.92. The highest BCUT2D eigenvalue weighted by Gasteiger charge is 2.34. The largest absolute Gasteiger partial charge is 0.480 e. The molecular formula is C24H28F4O2. The van der Waals surface area contributed by atoms with Gasteiger partial charge in [0.05, 0.1) is 0 Å². The third-order valence-corrected chi connectivity index (χ3v) is 5.66. The Kier molecular flexibility index (Phi) is 7.27. The molecule has 0 amide bonds. The minimum absolute atomic E-state index is 0.0167. The topological polar surface area (TPSA) is 18.5 Å². The minimum atomic E-state index is -3.69. The highest BCUT2D eigenvalue weighted by molar-refractivity contribution is 5.33. The summed E-state index contributed by atoms with van der Waals surface area (Å²) in [6.45, 7) is 2.95. The van der Waals surface area contributed by atoms with Crippen molar-refractivity contribution in [3.05, 3.63) is 59.2 Å². The Morgan fingerprint density at radius 2 is 1.60 bits per heavy atom. The fraction of sp³-hybridized carbons (Fsp3) is 0.500. The van der Waals surface area contributed by atoms with Crippen molar-refractivity contribution in [2.75, 3.05) is 6.61 Å². The summed E-state index contributed by atoms with van der Waals surface area (Å²) in [5.74, 6) is -2.26. The third-order valence-electron chi connectivity index (χ3n) is 5.66. The van der Waals surface area contributed by atoms with Crippen molar-refractivity contribution in [2.24, 2.45) is 5.92 Å². The molecular weight excluding hydrogens is 396 g/mol. The van der Waals surface area contributed by atoms with E-state index < -0.39 is 30.1 Å². The molecule has 1 aliphatic carbocycles. The Labute approximate surface area is 175 Å². The van der Waals surface area contributed by atoms with Gasteiger partial charge in [0.1, 0.15) is 5.75 Å². The molecule has 0 bridgehead atoms. The summed E-state index contributed by atoms with van der Waals surface area (Å²) in [7, 11) is 0. The minimum Gasteiger partial charge on any atom is -0.480 e. The Bertz CT molecular complexity index is 828. The number of hydrogen-bond acceptors (Lipinski definition) is 2. The molecule has 0 aliphatic heterocycles. The molecule has 0 atom stereocenters. The number of aryl methyl sites for hydroxylation is 1. The van der Waals surface area contributed by atoms with E-state index >= 15 is 0 Å². The Hall–Kier alpha value is -2.24. The van der Waals surface area contributed by atoms with Crippen LogP contribution in [0.5, 0.6) is 11.5 Å². The normalized spacial score (nSPS) is 19.5. The smallest absolute Gasteiger partial charge is 0.432 e. The van der Waals surface area contributed by atoms with Gasteiger partial charge in [-0.25, -0.2) is 4.39 Å². The zero-order valence-electron chi connectivity index (χ0n) is 17.4. The van der Waals surface area contributed by atoms with E-state index in [2.05, 4.69) is 11.7 Å². The van der Waals surface area contributed by atoms with Gasteiger partial charge in [0.15, 0.2) is 18.2 Å². The van der Waals surface area contributed by atoms with Gasteiger partial charge < -0.3 is 9.47 Å². The lowest BCUT2D eigenvalue weighted by Crippen LogP contribution is -2.32. The van der Waals surface area contributed by atoms with E-state index in [0.717, 1.165) is 44.1 Å². The van der Waals surface area contributed by atoms with Crippen molar-refractivity contribution in [1.82, 2.24) is 0 Å². The monoisotopic (exact) mass is 424 g/mol. The van der Waals surface area contributed by atoms with E-state index in [-0.39, 0.29) is 11.7 Å². The van der Waals surface area contributed by atoms with Crippen LogP contribution >= 0.6 is 0 Å². The molecule has 30 heavy (non-hydrogen) atoms. The van der Waals surface area contributed by atoms with Gasteiger partial charge in [-0.3, -0.25) is 0 Å². The van der Waals surface area contributed by atoms with E-state index in [1.54, 1.807) is 12.1 Å². The molecule has 2 aromatic rings. The van der Waals surface area contributed by atoms with Crippen LogP contribution in [0.4, 0.5) is 17.6 Å². The Morgan fingerprint density at radius 1 is 0.933 bits per heavy atom. The molecule has 2 aromatic carbocycles. The number of hydrogen-bond donors (Lipinski definition) is 0. The lowest BCUT2D eigenvalue weighted by atomic mass is 9.79. The Morgan fingerprint density at radius 3 is 2.23 bits per heavy atom. The summed E-state index contributed by atoms with van der Waals surface area (Å²) in [5.41, 5.74) is 1.32. The molecule has 6 heteroatoms. The number of alkyl halides is 2. The number of rotatable bonds is 8. The first kappa shape index (κ1) is 22.4. The van der Waals surface area contributed by atoms with Crippen LogP contribution in [0.15, 0.2) is 36.4 Å². The van der Waals surface area contributed by atoms with Gasteiger partial charge in [-0.15, -0.1) is 0 Å². The van der Waals surface area contributed by atoms with Gasteiger partial charge >= 0.3 is 6.11 Å². The lowest BCUT2D eigenvalue weighted by Gasteiger charge is -2.27. The van der Waals surface area contributed by atoms with Crippen molar-refractivity contribution in [1.29, 1.82) is 0 Å². The molecule has 0 radical (unpaired) electrons. The highest BCUT2D eigenvalue weighted by Crippen LogP contribution is 2.38. The van der Waals surface area contributed by atoms with Crippen molar-refractivity contribution < 1.29 is 27.0 Å². The second-order valence-corrected chi connectivity index (χ2v) is 8.16. The maximum atomic E-state index is 14.5. The van der Waals surface area contributed by atoms with Gasteiger partial charge in [0.2, 0.25) is 5.82 Å². The lowest BCUT2D eigenvalue weighted by molar-refractivity contribution is -0.195. The van der Waals surface area contributed by atoms with Crippen molar-refractivity contribution >= 4 is 0 Å². The third kappa shape index (κ3) is 5.67. The molecule has 0 aromatic heterocycles. The van der Waals surface area contributed by atoms with Crippen molar-refractivity contribution in [2.45, 2.75) is 64.4 Å². The van der Waals surface area contributed by atoms with Gasteiger partial charge in [0.25, 0.3) is 0 Å². The van der Waals surface area contributed by atoms with Gasteiger partial charge in [-0.2, -0.15) is 13.2 Å². The second kappa shape index (κ2) is 9.71. The van der Waals surface area contributed by atoms with Crippen LogP contribution in [-0.4, -0.2) is 12.7 Å². The summed E-state index contributed by atoms with van der Waals surface area (Å²) in [4.78, 5) is 0. The summed E-state index contributed by atoms with van der Waals surface area (Å²) < 4.78 is 66.8. The van der Waals surface area contributed by atoms with E-state index in [1.807, 2.05) is 6.92 Å². The molecule has 0 heterocycles. The predicted molar refractivity (Wildman–Crippen MR) is 108 cm³/mol. The van der Waals surface area contributed by atoms with E-state index in [4.69, 9.17) is 4.74 Å². The number of benzene rings is 2. The standard InChI is InChI=1S/C24H28F4O2/c1-3-4-17-7-11-19(12-8-17)30-24(27,28)15-29-21-14-13-20(22(25)23(21)26)18-9-5-16(2)6-10-18/h7-8,11-14,16,18H,3-6,9-10,15H2,1-2H3. The van der Waals surface area contributed by atoms with Crippen LogP contribution in [0, 0.1) is 17.6 Å². The zero-order valence-corrected chi connectivity index (χ0v) is 17.4. The number of ether oxygens (including phenoxy) is 2. The zero-order chi connectivity index (χ0) is 21.7. The molecule has 0 saturated heterocycles. The molecule has 164 valence electrons. The summed E-state index contributed by atoms with van der Waals surface area (Å²) in [5, 5.41) is 0. The van der Waals surface area contributed by atoms with Gasteiger partial charge in [0, 0.05) is 0 Å². The van der Waals surface area contributed by atoms with E-state index in [9.17, 15) is 17.6 Å². The van der Waals surface area contributed by atoms with Crippen LogP contribution < -0.4 is 9.47 Å².